The minimum atomic E-state index is -0.972. The highest BCUT2D eigenvalue weighted by Gasteiger charge is 2.46. The van der Waals surface area contributed by atoms with Gasteiger partial charge in [-0.2, -0.15) is 5.10 Å². The molecule has 3 atom stereocenters. The van der Waals surface area contributed by atoms with Crippen LogP contribution >= 0.6 is 0 Å². The van der Waals surface area contributed by atoms with E-state index in [4.69, 9.17) is 9.47 Å². The van der Waals surface area contributed by atoms with E-state index in [1.807, 2.05) is 35.1 Å². The fraction of sp³-hybridized carbons (Fsp3) is 0.438. The molecular formula is C32H35N5O4. The molecule has 9 heteroatoms. The third-order valence-electron chi connectivity index (χ3n) is 8.97. The number of carbonyl (C=O) groups is 1. The molecule has 7 rings (SSSR count). The minimum absolute atomic E-state index is 0.00745. The Morgan fingerprint density at radius 1 is 1.05 bits per heavy atom. The van der Waals surface area contributed by atoms with Crippen LogP contribution in [0.2, 0.25) is 0 Å². The second-order valence-electron chi connectivity index (χ2n) is 11.7. The average molecular weight is 554 g/mol. The Bertz CT molecular complexity index is 1550. The van der Waals surface area contributed by atoms with Gasteiger partial charge in [-0.05, 0) is 67.5 Å². The van der Waals surface area contributed by atoms with Crippen molar-refractivity contribution in [1.82, 2.24) is 24.8 Å². The molecular weight excluding hydrogens is 518 g/mol. The Balaban J connectivity index is 1.14. The molecule has 0 spiro atoms. The molecule has 212 valence electrons. The topological polar surface area (TPSA) is 104 Å². The highest BCUT2D eigenvalue weighted by Crippen LogP contribution is 2.55. The lowest BCUT2D eigenvalue weighted by Gasteiger charge is -2.28. The molecule has 0 radical (unpaired) electrons. The van der Waals surface area contributed by atoms with Gasteiger partial charge in [0.1, 0.15) is 17.4 Å². The molecule has 3 aliphatic rings. The van der Waals surface area contributed by atoms with Gasteiger partial charge in [-0.1, -0.05) is 48.7 Å². The van der Waals surface area contributed by atoms with E-state index < -0.39 is 5.97 Å². The van der Waals surface area contributed by atoms with Crippen LogP contribution in [0.4, 0.5) is 0 Å². The molecule has 0 amide bonds. The monoisotopic (exact) mass is 553 g/mol. The summed E-state index contributed by atoms with van der Waals surface area (Å²) < 4.78 is 15.3. The number of rotatable bonds is 9. The van der Waals surface area contributed by atoms with Crippen molar-refractivity contribution in [1.29, 1.82) is 0 Å². The summed E-state index contributed by atoms with van der Waals surface area (Å²) in [7, 11) is 0. The summed E-state index contributed by atoms with van der Waals surface area (Å²) >= 11 is 0. The van der Waals surface area contributed by atoms with E-state index in [0.29, 0.717) is 24.8 Å². The van der Waals surface area contributed by atoms with Gasteiger partial charge in [-0.15, -0.1) is 5.10 Å². The highest BCUT2D eigenvalue weighted by molar-refractivity contribution is 5.89. The number of carboxylic acids is 1. The van der Waals surface area contributed by atoms with Crippen molar-refractivity contribution < 1.29 is 19.4 Å². The van der Waals surface area contributed by atoms with Gasteiger partial charge in [0, 0.05) is 18.0 Å². The first kappa shape index (κ1) is 26.0. The number of ether oxygens (including phenoxy) is 2. The third-order valence-corrected chi connectivity index (χ3v) is 8.97. The lowest BCUT2D eigenvalue weighted by Crippen LogP contribution is -2.30. The van der Waals surface area contributed by atoms with Crippen molar-refractivity contribution in [2.45, 2.75) is 69.4 Å². The van der Waals surface area contributed by atoms with E-state index in [0.717, 1.165) is 34.7 Å². The van der Waals surface area contributed by atoms with E-state index >= 15 is 0 Å². The van der Waals surface area contributed by atoms with Gasteiger partial charge in [-0.3, -0.25) is 0 Å². The molecule has 2 aromatic carbocycles. The molecule has 2 aromatic heterocycles. The number of aromatic carboxylic acids is 1. The van der Waals surface area contributed by atoms with Gasteiger partial charge >= 0.3 is 5.97 Å². The average Bonchev–Trinajstić information content (AvgIpc) is 3.38. The predicted molar refractivity (Wildman–Crippen MR) is 153 cm³/mol. The van der Waals surface area contributed by atoms with Crippen LogP contribution in [-0.4, -0.2) is 55.2 Å². The molecule has 4 aromatic rings. The van der Waals surface area contributed by atoms with Crippen LogP contribution in [0.3, 0.4) is 0 Å². The Labute approximate surface area is 239 Å². The summed E-state index contributed by atoms with van der Waals surface area (Å²) in [5.74, 6) is 0.636. The summed E-state index contributed by atoms with van der Waals surface area (Å²) in [5, 5.41) is 23.2. The Kier molecular flexibility index (Phi) is 6.82. The molecule has 1 aliphatic heterocycles. The molecule has 0 bridgehead atoms. The zero-order valence-corrected chi connectivity index (χ0v) is 23.2. The van der Waals surface area contributed by atoms with Crippen LogP contribution in [0.25, 0.3) is 16.8 Å². The minimum Gasteiger partial charge on any atom is -0.490 e. The highest BCUT2D eigenvalue weighted by atomic mass is 16.5. The van der Waals surface area contributed by atoms with Gasteiger partial charge < -0.3 is 14.6 Å². The second kappa shape index (κ2) is 10.8. The maximum absolute atomic E-state index is 12.2. The number of nitrogens with zero attached hydrogens (tertiary/aromatic N) is 5. The van der Waals surface area contributed by atoms with Gasteiger partial charge in [0.2, 0.25) is 0 Å². The smallest absolute Gasteiger partial charge is 0.339 e. The summed E-state index contributed by atoms with van der Waals surface area (Å²) in [6, 6.07) is 16.6. The van der Waals surface area contributed by atoms with Crippen molar-refractivity contribution in [2.75, 3.05) is 13.2 Å². The van der Waals surface area contributed by atoms with Gasteiger partial charge in [0.15, 0.2) is 0 Å². The maximum atomic E-state index is 12.2. The normalized spacial score (nSPS) is 21.8. The molecule has 41 heavy (non-hydrogen) atoms. The maximum Gasteiger partial charge on any atom is 0.339 e. The summed E-state index contributed by atoms with van der Waals surface area (Å²) in [6.45, 7) is 3.49. The van der Waals surface area contributed by atoms with Crippen LogP contribution in [-0.2, 0) is 4.74 Å². The standard InChI is InChI=1S/C32H35N5O4/c1-20(21-7-3-2-4-8-21)41-26-12-6-10-23(14-26)22-9-5-11-24(13-22)37-31(29(16-33-37)32(38)39)28-15-27(28)30-17-36(35-34-30)25-18-40-19-25/h5-6,9-14,16-17,20-21,25,27-28H,2-4,7-8,15,18-19H2,1H3,(H,38,39)/t20?,27-,28-/m1/s1. The Morgan fingerprint density at radius 3 is 2.59 bits per heavy atom. The second-order valence-corrected chi connectivity index (χ2v) is 11.7. The SMILES string of the molecule is CC(Oc1cccc(-c2cccc(-n3ncc(C(=O)O)c3[C@@H]3C[C@H]3c3cn(C4COC4)nn3)c2)c1)C1CCCCC1. The molecule has 9 nitrogen and oxygen atoms in total. The number of aromatic nitrogens is 5. The molecule has 3 heterocycles. The fourth-order valence-corrected chi connectivity index (χ4v) is 6.40. The van der Waals surface area contributed by atoms with Crippen molar-refractivity contribution in [3.05, 3.63) is 77.9 Å². The molecule has 2 aliphatic carbocycles. The lowest BCUT2D eigenvalue weighted by atomic mass is 9.86. The van der Waals surface area contributed by atoms with E-state index in [2.05, 4.69) is 46.6 Å². The van der Waals surface area contributed by atoms with Gasteiger partial charge in [0.25, 0.3) is 0 Å². The number of carboxylic acid groups (broad SMARTS) is 1. The quantitative estimate of drug-likeness (QED) is 0.270. The van der Waals surface area contributed by atoms with E-state index in [-0.39, 0.29) is 29.5 Å². The molecule has 2 saturated carbocycles. The summed E-state index contributed by atoms with van der Waals surface area (Å²) in [6.07, 6.45) is 10.8. The van der Waals surface area contributed by atoms with E-state index in [1.54, 1.807) is 4.68 Å². The van der Waals surface area contributed by atoms with Crippen molar-refractivity contribution in [3.8, 4) is 22.6 Å². The molecule has 1 N–H and O–H groups in total. The zero-order chi connectivity index (χ0) is 27.9. The van der Waals surface area contributed by atoms with E-state index in [1.165, 1.54) is 38.3 Å². The van der Waals surface area contributed by atoms with Gasteiger partial charge in [0.05, 0.1) is 42.6 Å². The van der Waals surface area contributed by atoms with Crippen LogP contribution in [0.1, 0.15) is 85.1 Å². The first-order valence-electron chi connectivity index (χ1n) is 14.7. The van der Waals surface area contributed by atoms with Crippen LogP contribution in [0, 0.1) is 5.92 Å². The Morgan fingerprint density at radius 2 is 1.83 bits per heavy atom. The largest absolute Gasteiger partial charge is 0.490 e. The predicted octanol–water partition coefficient (Wildman–Crippen LogP) is 6.02. The summed E-state index contributed by atoms with van der Waals surface area (Å²) in [4.78, 5) is 12.2. The van der Waals surface area contributed by atoms with Crippen LogP contribution < -0.4 is 4.74 Å². The number of benzene rings is 2. The third kappa shape index (κ3) is 5.14. The Hall–Kier alpha value is -3.98. The molecule has 1 unspecified atom stereocenters. The van der Waals surface area contributed by atoms with Gasteiger partial charge in [-0.25, -0.2) is 14.2 Å². The van der Waals surface area contributed by atoms with Crippen LogP contribution in [0.5, 0.6) is 5.75 Å². The zero-order valence-electron chi connectivity index (χ0n) is 23.2. The lowest BCUT2D eigenvalue weighted by molar-refractivity contribution is -0.0293. The van der Waals surface area contributed by atoms with Crippen molar-refractivity contribution >= 4 is 5.97 Å². The van der Waals surface area contributed by atoms with Crippen molar-refractivity contribution in [3.63, 3.8) is 0 Å². The van der Waals surface area contributed by atoms with Crippen molar-refractivity contribution in [2.24, 2.45) is 5.92 Å². The van der Waals surface area contributed by atoms with Crippen LogP contribution in [0.15, 0.2) is 60.9 Å². The van der Waals surface area contributed by atoms with E-state index in [9.17, 15) is 9.90 Å². The molecule has 3 fully saturated rings. The fourth-order valence-electron chi connectivity index (χ4n) is 6.40. The first-order valence-corrected chi connectivity index (χ1v) is 14.7. The molecule has 1 saturated heterocycles. The first-order chi connectivity index (χ1) is 20.0. The number of hydrogen-bond donors (Lipinski definition) is 1. The summed E-state index contributed by atoms with van der Waals surface area (Å²) in [5.41, 5.74) is 4.73. The number of hydrogen-bond acceptors (Lipinski definition) is 6.